The molecule has 1 amide bonds. The molecule has 3 aliphatic rings. The summed E-state index contributed by atoms with van der Waals surface area (Å²) in [6.07, 6.45) is 6.58. The maximum absolute atomic E-state index is 12.7. The molecule has 1 aromatic rings. The minimum atomic E-state index is -0.499. The molecule has 2 saturated heterocycles. The molecule has 3 fully saturated rings. The van der Waals surface area contributed by atoms with Gasteiger partial charge in [-0.3, -0.25) is 19.8 Å². The Morgan fingerprint density at radius 1 is 1.32 bits per heavy atom. The zero-order valence-electron chi connectivity index (χ0n) is 15.4. The van der Waals surface area contributed by atoms with Crippen LogP contribution in [-0.2, 0) is 9.53 Å². The van der Waals surface area contributed by atoms with Crippen LogP contribution in [0.15, 0.2) is 21.5 Å². The molecule has 1 saturated carbocycles. The number of thioether (sulfide) groups is 1. The SMILES string of the molecule is O=C1/C(=C/c2ccc(C3CCCC([N+](=O)[O-])C3)o2)SC(=S)N1CC1CCCO1. The topological polar surface area (TPSA) is 85.8 Å². The number of nitrogens with zero attached hydrogens (tertiary/aromatic N) is 2. The average Bonchev–Trinajstić information content (AvgIpc) is 3.41. The van der Waals surface area contributed by atoms with Crippen LogP contribution in [0, 0.1) is 10.1 Å². The van der Waals surface area contributed by atoms with Crippen molar-refractivity contribution in [3.05, 3.63) is 38.7 Å². The molecule has 150 valence electrons. The van der Waals surface area contributed by atoms with E-state index in [0.29, 0.717) is 34.4 Å². The Balaban J connectivity index is 1.44. The van der Waals surface area contributed by atoms with Gasteiger partial charge in [-0.05, 0) is 37.8 Å². The lowest BCUT2D eigenvalue weighted by Crippen LogP contribution is -2.35. The first-order valence-electron chi connectivity index (χ1n) is 9.61. The Bertz CT molecular complexity index is 815. The molecule has 3 atom stereocenters. The van der Waals surface area contributed by atoms with E-state index in [1.54, 1.807) is 11.0 Å². The van der Waals surface area contributed by atoms with E-state index in [4.69, 9.17) is 21.4 Å². The number of ether oxygens (including phenoxy) is 1. The van der Waals surface area contributed by atoms with Crippen LogP contribution in [0.2, 0.25) is 0 Å². The molecule has 0 aromatic carbocycles. The molecule has 2 aliphatic heterocycles. The van der Waals surface area contributed by atoms with Crippen LogP contribution in [-0.4, -0.2) is 45.3 Å². The highest BCUT2D eigenvalue weighted by Gasteiger charge is 2.35. The van der Waals surface area contributed by atoms with E-state index < -0.39 is 6.04 Å². The second-order valence-corrected chi connectivity index (χ2v) is 9.15. The predicted molar refractivity (Wildman–Crippen MR) is 110 cm³/mol. The van der Waals surface area contributed by atoms with Gasteiger partial charge in [0, 0.05) is 36.4 Å². The highest BCUT2D eigenvalue weighted by Crippen LogP contribution is 2.37. The van der Waals surface area contributed by atoms with Gasteiger partial charge in [0.05, 0.1) is 17.6 Å². The molecule has 1 aliphatic carbocycles. The Labute approximate surface area is 172 Å². The van der Waals surface area contributed by atoms with Gasteiger partial charge < -0.3 is 9.15 Å². The summed E-state index contributed by atoms with van der Waals surface area (Å²) in [7, 11) is 0. The number of carbonyl (C=O) groups is 1. The van der Waals surface area contributed by atoms with Crippen molar-refractivity contribution in [3.8, 4) is 0 Å². The van der Waals surface area contributed by atoms with Crippen molar-refractivity contribution in [2.24, 2.45) is 0 Å². The molecule has 0 radical (unpaired) electrons. The van der Waals surface area contributed by atoms with Gasteiger partial charge in [-0.1, -0.05) is 24.0 Å². The molecule has 0 N–H and O–H groups in total. The third-order valence-corrected chi connectivity index (χ3v) is 6.93. The number of amides is 1. The van der Waals surface area contributed by atoms with Crippen molar-refractivity contribution in [2.75, 3.05) is 13.2 Å². The Kier molecular flexibility index (Phi) is 5.84. The van der Waals surface area contributed by atoms with E-state index >= 15 is 0 Å². The first kappa shape index (κ1) is 19.6. The van der Waals surface area contributed by atoms with E-state index in [0.717, 1.165) is 38.1 Å². The highest BCUT2D eigenvalue weighted by atomic mass is 32.2. The first-order valence-corrected chi connectivity index (χ1v) is 10.8. The van der Waals surface area contributed by atoms with Gasteiger partial charge >= 0.3 is 0 Å². The van der Waals surface area contributed by atoms with Gasteiger partial charge in [-0.25, -0.2) is 0 Å². The van der Waals surface area contributed by atoms with Crippen molar-refractivity contribution in [3.63, 3.8) is 0 Å². The van der Waals surface area contributed by atoms with Crippen LogP contribution >= 0.6 is 24.0 Å². The molecule has 3 unspecified atom stereocenters. The predicted octanol–water partition coefficient (Wildman–Crippen LogP) is 3.96. The van der Waals surface area contributed by atoms with E-state index in [9.17, 15) is 14.9 Å². The van der Waals surface area contributed by atoms with Crippen molar-refractivity contribution >= 4 is 40.3 Å². The number of carbonyl (C=O) groups excluding carboxylic acids is 1. The number of hydrogen-bond acceptors (Lipinski definition) is 7. The van der Waals surface area contributed by atoms with Crippen molar-refractivity contribution < 1.29 is 18.9 Å². The summed E-state index contributed by atoms with van der Waals surface area (Å²) in [4.78, 5) is 25.8. The second kappa shape index (κ2) is 8.34. The molecule has 0 spiro atoms. The van der Waals surface area contributed by atoms with E-state index in [1.165, 1.54) is 11.8 Å². The van der Waals surface area contributed by atoms with Crippen LogP contribution in [0.25, 0.3) is 6.08 Å². The number of nitro groups is 1. The fourth-order valence-electron chi connectivity index (χ4n) is 4.06. The fourth-order valence-corrected chi connectivity index (χ4v) is 5.31. The summed E-state index contributed by atoms with van der Waals surface area (Å²) >= 11 is 6.64. The number of hydrogen-bond donors (Lipinski definition) is 0. The monoisotopic (exact) mass is 422 g/mol. The van der Waals surface area contributed by atoms with Gasteiger partial charge in [0.25, 0.3) is 5.91 Å². The van der Waals surface area contributed by atoms with E-state index in [-0.39, 0.29) is 22.9 Å². The second-order valence-electron chi connectivity index (χ2n) is 7.47. The molecule has 1 aromatic heterocycles. The third kappa shape index (κ3) is 4.16. The summed E-state index contributed by atoms with van der Waals surface area (Å²) < 4.78 is 12.1. The van der Waals surface area contributed by atoms with Crippen LogP contribution in [0.3, 0.4) is 0 Å². The smallest absolute Gasteiger partial charge is 0.266 e. The molecule has 28 heavy (non-hydrogen) atoms. The summed E-state index contributed by atoms with van der Waals surface area (Å²) in [5.74, 6) is 1.28. The number of thiocarbonyl (C=S) groups is 1. The maximum Gasteiger partial charge on any atom is 0.266 e. The largest absolute Gasteiger partial charge is 0.461 e. The summed E-state index contributed by atoms with van der Waals surface area (Å²) in [5, 5.41) is 11.1. The minimum Gasteiger partial charge on any atom is -0.461 e. The lowest BCUT2D eigenvalue weighted by molar-refractivity contribution is -0.527. The first-order chi connectivity index (χ1) is 13.5. The zero-order chi connectivity index (χ0) is 19.7. The van der Waals surface area contributed by atoms with Gasteiger partial charge in [-0.2, -0.15) is 0 Å². The van der Waals surface area contributed by atoms with Gasteiger partial charge in [0.2, 0.25) is 6.04 Å². The molecule has 7 nitrogen and oxygen atoms in total. The molecule has 0 bridgehead atoms. The third-order valence-electron chi connectivity index (χ3n) is 5.55. The van der Waals surface area contributed by atoms with Gasteiger partial charge in [-0.15, -0.1) is 0 Å². The van der Waals surface area contributed by atoms with Crippen molar-refractivity contribution in [1.29, 1.82) is 0 Å². The number of rotatable bonds is 5. The van der Waals surface area contributed by atoms with Crippen molar-refractivity contribution in [2.45, 2.75) is 56.6 Å². The van der Waals surface area contributed by atoms with Crippen molar-refractivity contribution in [1.82, 2.24) is 4.90 Å². The molecule has 9 heteroatoms. The van der Waals surface area contributed by atoms with Gasteiger partial charge in [0.1, 0.15) is 15.8 Å². The standard InChI is InChI=1S/C19H22N2O5S2/c22-18-17(28-19(27)20(18)11-15-5-2-8-25-15)10-14-6-7-16(26-14)12-3-1-4-13(9-12)21(23)24/h6-7,10,12-13,15H,1-5,8-9,11H2/b17-10-. The van der Waals surface area contributed by atoms with Crippen LogP contribution < -0.4 is 0 Å². The van der Waals surface area contributed by atoms with Crippen LogP contribution in [0.5, 0.6) is 0 Å². The summed E-state index contributed by atoms with van der Waals surface area (Å²) in [5.41, 5.74) is 0. The van der Waals surface area contributed by atoms with E-state index in [2.05, 4.69) is 0 Å². The maximum atomic E-state index is 12.7. The molecule has 3 heterocycles. The Morgan fingerprint density at radius 2 is 2.18 bits per heavy atom. The molecule has 4 rings (SSSR count). The highest BCUT2D eigenvalue weighted by molar-refractivity contribution is 8.26. The van der Waals surface area contributed by atoms with Gasteiger partial charge in [0.15, 0.2) is 0 Å². The van der Waals surface area contributed by atoms with E-state index in [1.807, 2.05) is 12.1 Å². The normalized spacial score (nSPS) is 29.8. The lowest BCUT2D eigenvalue weighted by atomic mass is 9.84. The average molecular weight is 423 g/mol. The number of furan rings is 1. The molecular formula is C19H22N2O5S2. The fraction of sp³-hybridized carbons (Fsp3) is 0.579. The molecular weight excluding hydrogens is 400 g/mol. The Morgan fingerprint density at radius 3 is 2.93 bits per heavy atom. The zero-order valence-corrected chi connectivity index (χ0v) is 17.0. The minimum absolute atomic E-state index is 0.0536. The Hall–Kier alpha value is -1.71. The van der Waals surface area contributed by atoms with Crippen LogP contribution in [0.1, 0.15) is 56.0 Å². The van der Waals surface area contributed by atoms with Crippen LogP contribution in [0.4, 0.5) is 0 Å². The quantitative estimate of drug-likeness (QED) is 0.307. The lowest BCUT2D eigenvalue weighted by Gasteiger charge is -2.22. The summed E-state index contributed by atoms with van der Waals surface area (Å²) in [6.45, 7) is 1.23. The summed E-state index contributed by atoms with van der Waals surface area (Å²) in [6, 6.07) is 3.19.